The number of carbonyl (C=O) groups is 1. The van der Waals surface area contributed by atoms with E-state index in [-0.39, 0.29) is 24.2 Å². The van der Waals surface area contributed by atoms with Crippen molar-refractivity contribution in [2.24, 2.45) is 0 Å². The van der Waals surface area contributed by atoms with Crippen molar-refractivity contribution in [2.75, 3.05) is 6.54 Å². The average molecular weight is 331 g/mol. The van der Waals surface area contributed by atoms with E-state index in [9.17, 15) is 18.7 Å². The summed E-state index contributed by atoms with van der Waals surface area (Å²) in [5, 5.41) is 23.4. The molecule has 2 aromatic rings. The molecular formula is C17H15F2N3O2. The van der Waals surface area contributed by atoms with E-state index in [1.54, 1.807) is 0 Å². The largest absolute Gasteiger partial charge is 0.387 e. The zero-order chi connectivity index (χ0) is 17.5. The quantitative estimate of drug-likeness (QED) is 0.786. The Morgan fingerprint density at radius 3 is 2.50 bits per heavy atom. The van der Waals surface area contributed by atoms with Crippen LogP contribution < -0.4 is 10.6 Å². The Bertz CT molecular complexity index is 757. The first-order valence-corrected chi connectivity index (χ1v) is 7.13. The summed E-state index contributed by atoms with van der Waals surface area (Å²) < 4.78 is 26.5. The fourth-order valence-electron chi connectivity index (χ4n) is 1.99. The number of benzene rings is 2. The first-order chi connectivity index (χ1) is 11.5. The summed E-state index contributed by atoms with van der Waals surface area (Å²) in [5.74, 6) is -0.998. The molecule has 1 atom stereocenters. The number of rotatable bonds is 5. The van der Waals surface area contributed by atoms with Gasteiger partial charge in [-0.1, -0.05) is 18.2 Å². The first-order valence-electron chi connectivity index (χ1n) is 7.13. The molecule has 124 valence electrons. The fraction of sp³-hybridized carbons (Fsp3) is 0.176. The molecule has 7 heteroatoms. The number of urea groups is 1. The number of hydrogen-bond donors (Lipinski definition) is 3. The molecular weight excluding hydrogens is 316 g/mol. The Morgan fingerprint density at radius 2 is 1.88 bits per heavy atom. The molecule has 5 nitrogen and oxygen atoms in total. The minimum atomic E-state index is -0.983. The predicted molar refractivity (Wildman–Crippen MR) is 82.7 cm³/mol. The lowest BCUT2D eigenvalue weighted by molar-refractivity contribution is 0.173. The van der Waals surface area contributed by atoms with Gasteiger partial charge < -0.3 is 15.7 Å². The molecule has 2 aromatic carbocycles. The third-order valence-electron chi connectivity index (χ3n) is 3.33. The smallest absolute Gasteiger partial charge is 0.315 e. The van der Waals surface area contributed by atoms with Crippen LogP contribution in [-0.4, -0.2) is 17.7 Å². The lowest BCUT2D eigenvalue weighted by Crippen LogP contribution is -2.37. The van der Waals surface area contributed by atoms with Gasteiger partial charge in [-0.15, -0.1) is 0 Å². The van der Waals surface area contributed by atoms with Gasteiger partial charge in [0.25, 0.3) is 0 Å². The molecule has 0 spiro atoms. The monoisotopic (exact) mass is 331 g/mol. The third-order valence-corrected chi connectivity index (χ3v) is 3.33. The molecule has 0 radical (unpaired) electrons. The average Bonchev–Trinajstić information content (AvgIpc) is 2.59. The number of nitrogens with one attached hydrogen (secondary N) is 2. The summed E-state index contributed by atoms with van der Waals surface area (Å²) in [6.07, 6.45) is -0.983. The Kier molecular flexibility index (Phi) is 5.82. The fourth-order valence-corrected chi connectivity index (χ4v) is 1.99. The standard InChI is InChI=1S/C17H15F2N3O2/c18-14-5-3-12(4-6-14)16(23)10-22-17(24)21-9-13-2-1-11(8-20)7-15(13)19/h1-7,16,23H,9-10H2,(H2,21,22,24). The normalized spacial score (nSPS) is 11.4. The molecule has 24 heavy (non-hydrogen) atoms. The van der Waals surface area contributed by atoms with Crippen molar-refractivity contribution in [2.45, 2.75) is 12.6 Å². The highest BCUT2D eigenvalue weighted by Crippen LogP contribution is 2.12. The second kappa shape index (κ2) is 8.04. The molecule has 0 fully saturated rings. The molecule has 0 aromatic heterocycles. The highest BCUT2D eigenvalue weighted by Gasteiger charge is 2.10. The molecule has 0 aliphatic rings. The number of hydrogen-bond acceptors (Lipinski definition) is 3. The minimum Gasteiger partial charge on any atom is -0.387 e. The van der Waals surface area contributed by atoms with Gasteiger partial charge in [0.1, 0.15) is 11.6 Å². The van der Waals surface area contributed by atoms with Gasteiger partial charge in [-0.05, 0) is 29.8 Å². The van der Waals surface area contributed by atoms with Crippen molar-refractivity contribution in [3.8, 4) is 6.07 Å². The van der Waals surface area contributed by atoms with E-state index >= 15 is 0 Å². The minimum absolute atomic E-state index is 0.0595. The lowest BCUT2D eigenvalue weighted by Gasteiger charge is -2.13. The number of amides is 2. The van der Waals surface area contributed by atoms with Crippen molar-refractivity contribution in [3.05, 3.63) is 70.8 Å². The van der Waals surface area contributed by atoms with Gasteiger partial charge in [-0.3, -0.25) is 0 Å². The second-order valence-electron chi connectivity index (χ2n) is 5.05. The predicted octanol–water partition coefficient (Wildman–Crippen LogP) is 2.37. The van der Waals surface area contributed by atoms with E-state index in [1.165, 1.54) is 36.4 Å². The number of aliphatic hydroxyl groups is 1. The topological polar surface area (TPSA) is 85.2 Å². The Hall–Kier alpha value is -2.98. The lowest BCUT2D eigenvalue weighted by atomic mass is 10.1. The van der Waals surface area contributed by atoms with Gasteiger partial charge in [0.05, 0.1) is 17.7 Å². The van der Waals surface area contributed by atoms with Gasteiger partial charge in [0.2, 0.25) is 0 Å². The van der Waals surface area contributed by atoms with Crippen molar-refractivity contribution in [1.29, 1.82) is 5.26 Å². The van der Waals surface area contributed by atoms with Crippen LogP contribution in [0.2, 0.25) is 0 Å². The van der Waals surface area contributed by atoms with Gasteiger partial charge in [0.15, 0.2) is 0 Å². The third kappa shape index (κ3) is 4.76. The molecule has 2 amide bonds. The molecule has 0 aliphatic heterocycles. The molecule has 2 rings (SSSR count). The Morgan fingerprint density at radius 1 is 1.17 bits per heavy atom. The van der Waals surface area contributed by atoms with E-state index in [0.717, 1.165) is 6.07 Å². The van der Waals surface area contributed by atoms with Crippen molar-refractivity contribution >= 4 is 6.03 Å². The summed E-state index contributed by atoms with van der Waals surface area (Å²) in [7, 11) is 0. The maximum atomic E-state index is 13.7. The van der Waals surface area contributed by atoms with Crippen LogP contribution in [0.25, 0.3) is 0 Å². The maximum absolute atomic E-state index is 13.7. The summed E-state index contributed by atoms with van der Waals surface area (Å²) in [6, 6.07) is 10.5. The van der Waals surface area contributed by atoms with Crippen molar-refractivity contribution in [3.63, 3.8) is 0 Å². The van der Waals surface area contributed by atoms with Crippen LogP contribution in [0.3, 0.4) is 0 Å². The van der Waals surface area contributed by atoms with E-state index in [2.05, 4.69) is 10.6 Å². The Balaban J connectivity index is 1.81. The highest BCUT2D eigenvalue weighted by atomic mass is 19.1. The zero-order valence-electron chi connectivity index (χ0n) is 12.6. The maximum Gasteiger partial charge on any atom is 0.315 e. The number of nitrogens with zero attached hydrogens (tertiary/aromatic N) is 1. The molecule has 0 bridgehead atoms. The number of nitriles is 1. The van der Waals surface area contributed by atoms with E-state index in [4.69, 9.17) is 5.26 Å². The van der Waals surface area contributed by atoms with E-state index < -0.39 is 23.8 Å². The molecule has 3 N–H and O–H groups in total. The van der Waals surface area contributed by atoms with Crippen LogP contribution in [0.1, 0.15) is 22.8 Å². The van der Waals surface area contributed by atoms with Gasteiger partial charge >= 0.3 is 6.03 Å². The summed E-state index contributed by atoms with van der Waals surface area (Å²) in [4.78, 5) is 11.7. The Labute approximate surface area is 137 Å². The molecule has 0 saturated heterocycles. The number of carbonyl (C=O) groups excluding carboxylic acids is 1. The zero-order valence-corrected chi connectivity index (χ0v) is 12.6. The second-order valence-corrected chi connectivity index (χ2v) is 5.05. The van der Waals surface area contributed by atoms with Crippen LogP contribution in [0.4, 0.5) is 13.6 Å². The first kappa shape index (κ1) is 17.4. The van der Waals surface area contributed by atoms with E-state index in [1.807, 2.05) is 6.07 Å². The van der Waals surface area contributed by atoms with Gasteiger partial charge in [0, 0.05) is 18.7 Å². The summed E-state index contributed by atoms with van der Waals surface area (Å²) in [5.41, 5.74) is 0.904. The van der Waals surface area contributed by atoms with Crippen molar-refractivity contribution < 1.29 is 18.7 Å². The molecule has 0 aliphatic carbocycles. The molecule has 0 saturated carbocycles. The van der Waals surface area contributed by atoms with Crippen LogP contribution in [0.15, 0.2) is 42.5 Å². The van der Waals surface area contributed by atoms with Gasteiger partial charge in [-0.2, -0.15) is 5.26 Å². The van der Waals surface area contributed by atoms with Crippen LogP contribution >= 0.6 is 0 Å². The van der Waals surface area contributed by atoms with E-state index in [0.29, 0.717) is 5.56 Å². The van der Waals surface area contributed by atoms with Crippen LogP contribution in [-0.2, 0) is 6.54 Å². The van der Waals surface area contributed by atoms with Crippen LogP contribution in [0, 0.1) is 23.0 Å². The number of aliphatic hydroxyl groups excluding tert-OH is 1. The van der Waals surface area contributed by atoms with Crippen LogP contribution in [0.5, 0.6) is 0 Å². The SMILES string of the molecule is N#Cc1ccc(CNC(=O)NCC(O)c2ccc(F)cc2)c(F)c1. The summed E-state index contributed by atoms with van der Waals surface area (Å²) >= 11 is 0. The number of halogens is 2. The molecule has 0 heterocycles. The highest BCUT2D eigenvalue weighted by molar-refractivity contribution is 5.73. The van der Waals surface area contributed by atoms with Crippen molar-refractivity contribution in [1.82, 2.24) is 10.6 Å². The van der Waals surface area contributed by atoms with Gasteiger partial charge in [-0.25, -0.2) is 13.6 Å². The molecule has 1 unspecified atom stereocenters. The summed E-state index contributed by atoms with van der Waals surface area (Å²) in [6.45, 7) is -0.136.